The van der Waals surface area contributed by atoms with Gasteiger partial charge in [-0.15, -0.1) is 11.3 Å². The Hall–Kier alpha value is -0.440. The average Bonchev–Trinajstić information content (AvgIpc) is 2.72. The van der Waals surface area contributed by atoms with E-state index < -0.39 is 19.9 Å². The second-order valence-electron chi connectivity index (χ2n) is 3.82. The van der Waals surface area contributed by atoms with E-state index in [1.807, 2.05) is 0 Å². The highest BCUT2D eigenvalue weighted by molar-refractivity contribution is 8.15. The van der Waals surface area contributed by atoms with E-state index in [1.165, 1.54) is 6.07 Å². The van der Waals surface area contributed by atoms with Crippen molar-refractivity contribution in [1.82, 2.24) is 5.32 Å². The van der Waals surface area contributed by atoms with Crippen LogP contribution in [0.1, 0.15) is 11.3 Å². The van der Waals surface area contributed by atoms with Crippen LogP contribution in [-0.2, 0) is 31.1 Å². The van der Waals surface area contributed by atoms with E-state index in [0.29, 0.717) is 23.6 Å². The van der Waals surface area contributed by atoms with Gasteiger partial charge in [0.05, 0.1) is 6.42 Å². The minimum atomic E-state index is -3.72. The third kappa shape index (κ3) is 6.51. The normalized spacial score (nSPS) is 13.2. The molecule has 0 aliphatic carbocycles. The van der Waals surface area contributed by atoms with Gasteiger partial charge in [-0.25, -0.2) is 8.42 Å². The summed E-state index contributed by atoms with van der Waals surface area (Å²) >= 11 is 0.983. The molecule has 5 nitrogen and oxygen atoms in total. The zero-order valence-corrected chi connectivity index (χ0v) is 13.4. The molecule has 108 valence electrons. The first kappa shape index (κ1) is 16.6. The summed E-state index contributed by atoms with van der Waals surface area (Å²) in [5, 5.41) is 2.69. The Morgan fingerprint density at radius 3 is 2.68 bits per heavy atom. The highest BCUT2D eigenvalue weighted by atomic mass is 35.7. The van der Waals surface area contributed by atoms with Gasteiger partial charge in [-0.05, 0) is 18.6 Å². The molecule has 1 N–H and O–H groups in total. The van der Waals surface area contributed by atoms with Gasteiger partial charge in [0.1, 0.15) is 4.21 Å². The zero-order valence-electron chi connectivity index (χ0n) is 10.2. The molecule has 0 aliphatic heterocycles. The first-order valence-corrected chi connectivity index (χ1v) is 10.2. The molecule has 1 unspecified atom stereocenters. The van der Waals surface area contributed by atoms with Crippen LogP contribution in [0.25, 0.3) is 0 Å². The summed E-state index contributed by atoms with van der Waals surface area (Å²) in [5.41, 5.74) is 0. The molecule has 0 bridgehead atoms. The van der Waals surface area contributed by atoms with Crippen molar-refractivity contribution in [3.63, 3.8) is 0 Å². The average molecular weight is 344 g/mol. The van der Waals surface area contributed by atoms with E-state index in [9.17, 15) is 17.4 Å². The van der Waals surface area contributed by atoms with Gasteiger partial charge in [0, 0.05) is 44.9 Å². The lowest BCUT2D eigenvalue weighted by molar-refractivity contribution is -0.120. The van der Waals surface area contributed by atoms with Gasteiger partial charge >= 0.3 is 0 Å². The molecule has 9 heteroatoms. The van der Waals surface area contributed by atoms with Crippen molar-refractivity contribution in [3.8, 4) is 0 Å². The lowest BCUT2D eigenvalue weighted by Crippen LogP contribution is -2.26. The molecule has 1 atom stereocenters. The van der Waals surface area contributed by atoms with Gasteiger partial charge < -0.3 is 5.32 Å². The summed E-state index contributed by atoms with van der Waals surface area (Å²) in [5.74, 6) is 0.357. The molecular formula is C10H14ClNO4S3. The maximum absolute atomic E-state index is 11.6. The fraction of sp³-hybridized carbons (Fsp3) is 0.500. The molecule has 0 saturated heterocycles. The molecule has 0 radical (unpaired) electrons. The Morgan fingerprint density at radius 2 is 2.16 bits per heavy atom. The maximum Gasteiger partial charge on any atom is 0.270 e. The van der Waals surface area contributed by atoms with Crippen LogP contribution in [0.4, 0.5) is 0 Å². The standard InChI is InChI=1S/C10H14ClNO4S3/c1-18(14)6-2-5-12-9(13)7-8-3-4-10(17-8)19(11,15)16/h3-4H,2,5-7H2,1H3,(H,12,13). The fourth-order valence-electron chi connectivity index (χ4n) is 1.31. The molecule has 0 spiro atoms. The van der Waals surface area contributed by atoms with E-state index in [1.54, 1.807) is 12.3 Å². The van der Waals surface area contributed by atoms with Crippen LogP contribution in [0.3, 0.4) is 0 Å². The van der Waals surface area contributed by atoms with Crippen molar-refractivity contribution in [2.24, 2.45) is 0 Å². The van der Waals surface area contributed by atoms with Crippen molar-refractivity contribution in [2.45, 2.75) is 17.1 Å². The highest BCUT2D eigenvalue weighted by Crippen LogP contribution is 2.24. The fourth-order valence-corrected chi connectivity index (χ4v) is 3.98. The predicted octanol–water partition coefficient (Wildman–Crippen LogP) is 1.10. The van der Waals surface area contributed by atoms with Gasteiger partial charge in [0.25, 0.3) is 9.05 Å². The molecule has 1 aromatic rings. The molecular weight excluding hydrogens is 330 g/mol. The van der Waals surface area contributed by atoms with Gasteiger partial charge in [0.2, 0.25) is 5.91 Å². The molecule has 0 saturated carbocycles. The van der Waals surface area contributed by atoms with Crippen LogP contribution < -0.4 is 5.32 Å². The minimum absolute atomic E-state index is 0.0401. The Kier molecular flexibility index (Phi) is 6.45. The minimum Gasteiger partial charge on any atom is -0.356 e. The highest BCUT2D eigenvalue weighted by Gasteiger charge is 2.14. The molecule has 0 fully saturated rings. The SMILES string of the molecule is CS(=O)CCCNC(=O)Cc1ccc(S(=O)(=O)Cl)s1. The Labute approximate surface area is 123 Å². The van der Waals surface area contributed by atoms with Crippen molar-refractivity contribution in [1.29, 1.82) is 0 Å². The van der Waals surface area contributed by atoms with Crippen molar-refractivity contribution >= 4 is 47.8 Å². The van der Waals surface area contributed by atoms with Crippen LogP contribution in [-0.4, -0.2) is 37.1 Å². The van der Waals surface area contributed by atoms with E-state index in [2.05, 4.69) is 5.32 Å². The monoisotopic (exact) mass is 343 g/mol. The Morgan fingerprint density at radius 1 is 1.47 bits per heavy atom. The van der Waals surface area contributed by atoms with E-state index in [4.69, 9.17) is 10.7 Å². The van der Waals surface area contributed by atoms with Crippen LogP contribution in [0.5, 0.6) is 0 Å². The zero-order chi connectivity index (χ0) is 14.5. The van der Waals surface area contributed by atoms with Crippen LogP contribution >= 0.6 is 22.0 Å². The van der Waals surface area contributed by atoms with Crippen molar-refractivity contribution in [3.05, 3.63) is 17.0 Å². The number of carbonyl (C=O) groups excluding carboxylic acids is 1. The van der Waals surface area contributed by atoms with Gasteiger partial charge in [-0.1, -0.05) is 0 Å². The number of hydrogen-bond acceptors (Lipinski definition) is 5. The second kappa shape index (κ2) is 7.37. The second-order valence-corrected chi connectivity index (χ2v) is 9.33. The number of carbonyl (C=O) groups is 1. The summed E-state index contributed by atoms with van der Waals surface area (Å²) in [7, 11) is 0.615. The predicted molar refractivity (Wildman–Crippen MR) is 77.6 cm³/mol. The molecule has 1 heterocycles. The first-order chi connectivity index (χ1) is 8.79. The molecule has 1 aromatic heterocycles. The van der Waals surface area contributed by atoms with Crippen molar-refractivity contribution in [2.75, 3.05) is 18.6 Å². The summed E-state index contributed by atoms with van der Waals surface area (Å²) < 4.78 is 33.0. The topological polar surface area (TPSA) is 80.3 Å². The number of halogens is 1. The van der Waals surface area contributed by atoms with E-state index in [-0.39, 0.29) is 16.5 Å². The summed E-state index contributed by atoms with van der Waals surface area (Å²) in [6.45, 7) is 0.463. The van der Waals surface area contributed by atoms with E-state index in [0.717, 1.165) is 11.3 Å². The van der Waals surface area contributed by atoms with Gasteiger partial charge in [-0.3, -0.25) is 9.00 Å². The molecule has 0 aromatic carbocycles. The van der Waals surface area contributed by atoms with Crippen LogP contribution in [0.15, 0.2) is 16.3 Å². The Balaban J connectivity index is 2.41. The number of rotatable bonds is 7. The number of nitrogens with one attached hydrogen (secondary N) is 1. The smallest absolute Gasteiger partial charge is 0.270 e. The van der Waals surface area contributed by atoms with Crippen molar-refractivity contribution < 1.29 is 17.4 Å². The number of thiophene rings is 1. The molecule has 1 amide bonds. The lowest BCUT2D eigenvalue weighted by Gasteiger charge is -2.02. The molecule has 1 rings (SSSR count). The maximum atomic E-state index is 11.6. The largest absolute Gasteiger partial charge is 0.356 e. The lowest BCUT2D eigenvalue weighted by atomic mass is 10.3. The summed E-state index contributed by atoms with van der Waals surface area (Å²) in [4.78, 5) is 12.2. The molecule has 0 aliphatic rings. The summed E-state index contributed by atoms with van der Waals surface area (Å²) in [6.07, 6.45) is 2.38. The van der Waals surface area contributed by atoms with E-state index >= 15 is 0 Å². The van der Waals surface area contributed by atoms with Crippen LogP contribution in [0.2, 0.25) is 0 Å². The Bertz CT molecular complexity index is 567. The third-order valence-electron chi connectivity index (χ3n) is 2.14. The number of amides is 1. The third-order valence-corrected chi connectivity index (χ3v) is 6.18. The quantitative estimate of drug-likeness (QED) is 0.594. The van der Waals surface area contributed by atoms with Gasteiger partial charge in [0.15, 0.2) is 0 Å². The first-order valence-electron chi connectivity index (χ1n) is 5.39. The summed E-state index contributed by atoms with van der Waals surface area (Å²) in [6, 6.07) is 2.95. The van der Waals surface area contributed by atoms with Crippen LogP contribution in [0, 0.1) is 0 Å². The molecule has 19 heavy (non-hydrogen) atoms. The number of hydrogen-bond donors (Lipinski definition) is 1. The van der Waals surface area contributed by atoms with Gasteiger partial charge in [-0.2, -0.15) is 0 Å².